The SMILES string of the molecule is CCCCCCCCCCCCCC(=O)C[C@H](CC(N)=O)C(=O)N[C@@H](C)CCC(=O)Oc1ccccc1. The van der Waals surface area contributed by atoms with E-state index in [2.05, 4.69) is 12.2 Å². The van der Waals surface area contributed by atoms with E-state index in [4.69, 9.17) is 10.5 Å². The van der Waals surface area contributed by atoms with Crippen molar-refractivity contribution in [3.05, 3.63) is 30.3 Å². The summed E-state index contributed by atoms with van der Waals surface area (Å²) in [7, 11) is 0. The Hall–Kier alpha value is -2.70. The third kappa shape index (κ3) is 17.4. The Labute approximate surface area is 223 Å². The third-order valence-corrected chi connectivity index (χ3v) is 6.50. The monoisotopic (exact) mass is 516 g/mol. The van der Waals surface area contributed by atoms with Gasteiger partial charge in [-0.25, -0.2) is 0 Å². The first-order valence-electron chi connectivity index (χ1n) is 14.2. The van der Waals surface area contributed by atoms with Gasteiger partial charge in [0.25, 0.3) is 0 Å². The van der Waals surface area contributed by atoms with Gasteiger partial charge in [0.05, 0.1) is 5.92 Å². The molecule has 37 heavy (non-hydrogen) atoms. The van der Waals surface area contributed by atoms with Gasteiger partial charge in [0.1, 0.15) is 11.5 Å². The number of unbranched alkanes of at least 4 members (excludes halogenated alkanes) is 10. The van der Waals surface area contributed by atoms with Gasteiger partial charge in [-0.1, -0.05) is 89.3 Å². The zero-order valence-corrected chi connectivity index (χ0v) is 23.0. The van der Waals surface area contributed by atoms with E-state index >= 15 is 0 Å². The first-order chi connectivity index (χ1) is 17.8. The highest BCUT2D eigenvalue weighted by atomic mass is 16.5. The Bertz CT molecular complexity index is 796. The van der Waals surface area contributed by atoms with E-state index in [-0.39, 0.29) is 43.0 Å². The lowest BCUT2D eigenvalue weighted by molar-refractivity contribution is -0.135. The molecular weight excluding hydrogens is 468 g/mol. The second-order valence-electron chi connectivity index (χ2n) is 10.1. The molecule has 0 radical (unpaired) electrons. The predicted octanol–water partition coefficient (Wildman–Crippen LogP) is 6.03. The van der Waals surface area contributed by atoms with E-state index < -0.39 is 11.8 Å². The number of carbonyl (C=O) groups excluding carboxylic acids is 4. The fourth-order valence-corrected chi connectivity index (χ4v) is 4.30. The maximum atomic E-state index is 12.7. The molecule has 0 saturated carbocycles. The number of hydrogen-bond donors (Lipinski definition) is 2. The summed E-state index contributed by atoms with van der Waals surface area (Å²) in [6.07, 6.45) is 14.1. The zero-order chi connectivity index (χ0) is 27.3. The van der Waals surface area contributed by atoms with Crippen LogP contribution in [0.25, 0.3) is 0 Å². The molecule has 208 valence electrons. The Morgan fingerprint density at radius 2 is 1.38 bits per heavy atom. The van der Waals surface area contributed by atoms with Crippen LogP contribution in [0.15, 0.2) is 30.3 Å². The highest BCUT2D eigenvalue weighted by Crippen LogP contribution is 2.16. The molecule has 0 aromatic heterocycles. The number of primary amides is 1. The molecule has 1 rings (SSSR count). The van der Waals surface area contributed by atoms with Gasteiger partial charge in [0.2, 0.25) is 11.8 Å². The molecule has 0 spiro atoms. The fourth-order valence-electron chi connectivity index (χ4n) is 4.30. The number of hydrogen-bond acceptors (Lipinski definition) is 5. The van der Waals surface area contributed by atoms with Crippen molar-refractivity contribution in [1.29, 1.82) is 0 Å². The van der Waals surface area contributed by atoms with Crippen molar-refractivity contribution in [3.8, 4) is 5.75 Å². The average molecular weight is 517 g/mol. The van der Waals surface area contributed by atoms with Crippen molar-refractivity contribution in [2.75, 3.05) is 0 Å². The summed E-state index contributed by atoms with van der Waals surface area (Å²) >= 11 is 0. The molecule has 0 aliphatic heterocycles. The van der Waals surface area contributed by atoms with E-state index in [1.165, 1.54) is 51.4 Å². The van der Waals surface area contributed by atoms with Crippen LogP contribution in [0.4, 0.5) is 0 Å². The normalized spacial score (nSPS) is 12.5. The Morgan fingerprint density at radius 1 is 0.811 bits per heavy atom. The van der Waals surface area contributed by atoms with Crippen LogP contribution in [0.3, 0.4) is 0 Å². The number of carbonyl (C=O) groups is 4. The van der Waals surface area contributed by atoms with Crippen molar-refractivity contribution >= 4 is 23.6 Å². The van der Waals surface area contributed by atoms with E-state index in [0.29, 0.717) is 18.6 Å². The minimum absolute atomic E-state index is 0.00923. The van der Waals surface area contributed by atoms with E-state index in [1.807, 2.05) is 6.07 Å². The van der Waals surface area contributed by atoms with E-state index in [9.17, 15) is 19.2 Å². The summed E-state index contributed by atoms with van der Waals surface area (Å²) in [5, 5.41) is 2.82. The van der Waals surface area contributed by atoms with Crippen LogP contribution in [-0.4, -0.2) is 29.6 Å². The van der Waals surface area contributed by atoms with Gasteiger partial charge in [0.15, 0.2) is 0 Å². The molecule has 2 amide bonds. The quantitative estimate of drug-likeness (QED) is 0.111. The first-order valence-corrected chi connectivity index (χ1v) is 14.2. The molecule has 7 heteroatoms. The number of ether oxygens (including phenoxy) is 1. The minimum atomic E-state index is -0.781. The van der Waals surface area contributed by atoms with Gasteiger partial charge < -0.3 is 15.8 Å². The summed E-state index contributed by atoms with van der Waals surface area (Å²) in [4.78, 5) is 48.7. The number of ketones is 1. The van der Waals surface area contributed by atoms with Gasteiger partial charge in [-0.05, 0) is 31.9 Å². The molecule has 1 aromatic rings. The smallest absolute Gasteiger partial charge is 0.311 e. The van der Waals surface area contributed by atoms with Crippen molar-refractivity contribution in [2.45, 2.75) is 123 Å². The number of Topliss-reactive ketones (excluding diaryl/α,β-unsaturated/α-hetero) is 1. The zero-order valence-electron chi connectivity index (χ0n) is 23.0. The van der Waals surface area contributed by atoms with Crippen LogP contribution in [0, 0.1) is 5.92 Å². The van der Waals surface area contributed by atoms with Gasteiger partial charge in [-0.15, -0.1) is 0 Å². The number of nitrogens with two attached hydrogens (primary N) is 1. The lowest BCUT2D eigenvalue weighted by Gasteiger charge is -2.19. The summed E-state index contributed by atoms with van der Waals surface area (Å²) in [6.45, 7) is 4.01. The maximum Gasteiger partial charge on any atom is 0.311 e. The molecule has 7 nitrogen and oxygen atoms in total. The molecule has 0 unspecified atom stereocenters. The number of esters is 1. The molecular formula is C30H48N2O5. The number of nitrogens with one attached hydrogen (secondary N) is 1. The molecule has 1 aromatic carbocycles. The van der Waals surface area contributed by atoms with Crippen LogP contribution < -0.4 is 15.8 Å². The highest BCUT2D eigenvalue weighted by Gasteiger charge is 2.25. The summed E-state index contributed by atoms with van der Waals surface area (Å²) in [5.74, 6) is -1.70. The average Bonchev–Trinajstić information content (AvgIpc) is 2.86. The summed E-state index contributed by atoms with van der Waals surface area (Å²) < 4.78 is 5.26. The van der Waals surface area contributed by atoms with E-state index in [1.54, 1.807) is 31.2 Å². The van der Waals surface area contributed by atoms with Crippen molar-refractivity contribution in [2.24, 2.45) is 11.7 Å². The predicted molar refractivity (Wildman–Crippen MR) is 147 cm³/mol. The second-order valence-corrected chi connectivity index (χ2v) is 10.1. The van der Waals surface area contributed by atoms with Gasteiger partial charge in [0, 0.05) is 31.7 Å². The third-order valence-electron chi connectivity index (χ3n) is 6.50. The molecule has 0 aliphatic carbocycles. The van der Waals surface area contributed by atoms with Crippen LogP contribution >= 0.6 is 0 Å². The van der Waals surface area contributed by atoms with Gasteiger partial charge in [-0.2, -0.15) is 0 Å². The van der Waals surface area contributed by atoms with Crippen LogP contribution in [-0.2, 0) is 19.2 Å². The van der Waals surface area contributed by atoms with Crippen molar-refractivity contribution in [1.82, 2.24) is 5.32 Å². The second kappa shape index (κ2) is 20.4. The molecule has 3 N–H and O–H groups in total. The number of para-hydroxylation sites is 1. The van der Waals surface area contributed by atoms with Crippen LogP contribution in [0.2, 0.25) is 0 Å². The lowest BCUT2D eigenvalue weighted by Crippen LogP contribution is -2.39. The summed E-state index contributed by atoms with van der Waals surface area (Å²) in [6, 6.07) is 8.48. The largest absolute Gasteiger partial charge is 0.427 e. The van der Waals surface area contributed by atoms with Crippen LogP contribution in [0.5, 0.6) is 5.75 Å². The Kier molecular flexibility index (Phi) is 17.8. The number of benzene rings is 1. The molecule has 0 heterocycles. The molecule has 0 saturated heterocycles. The van der Waals surface area contributed by atoms with Crippen molar-refractivity contribution in [3.63, 3.8) is 0 Å². The Morgan fingerprint density at radius 3 is 1.95 bits per heavy atom. The highest BCUT2D eigenvalue weighted by molar-refractivity contribution is 5.90. The molecule has 0 aliphatic rings. The molecule has 0 fully saturated rings. The fraction of sp³-hybridized carbons (Fsp3) is 0.667. The first kappa shape index (κ1) is 32.3. The lowest BCUT2D eigenvalue weighted by atomic mass is 9.94. The Balaban J connectivity index is 2.27. The number of amides is 2. The molecule has 2 atom stereocenters. The topological polar surface area (TPSA) is 116 Å². The summed E-state index contributed by atoms with van der Waals surface area (Å²) in [5.41, 5.74) is 5.33. The van der Waals surface area contributed by atoms with E-state index in [0.717, 1.165) is 19.3 Å². The molecule has 0 bridgehead atoms. The van der Waals surface area contributed by atoms with Gasteiger partial charge >= 0.3 is 5.97 Å². The minimum Gasteiger partial charge on any atom is -0.427 e. The van der Waals surface area contributed by atoms with Crippen LogP contribution in [0.1, 0.15) is 117 Å². The maximum absolute atomic E-state index is 12.7. The number of rotatable bonds is 22. The van der Waals surface area contributed by atoms with Gasteiger partial charge in [-0.3, -0.25) is 19.2 Å². The van der Waals surface area contributed by atoms with Crippen molar-refractivity contribution < 1.29 is 23.9 Å². The standard InChI is InChI=1S/C30H48N2O5/c1-3-4-5-6-7-8-9-10-11-12-14-17-26(33)22-25(23-28(31)34)30(36)32-24(2)20-21-29(35)37-27-18-15-13-16-19-27/h13,15-16,18-19,24-25H,3-12,14,17,20-23H2,1-2H3,(H2,31,34)(H,32,36)/t24-,25+/m0/s1.